The lowest BCUT2D eigenvalue weighted by molar-refractivity contribution is -0.143. The van der Waals surface area contributed by atoms with Crippen molar-refractivity contribution in [2.45, 2.75) is 81.9 Å². The van der Waals surface area contributed by atoms with Crippen LogP contribution in [-0.2, 0) is 20.4 Å². The number of anilines is 1. The zero-order valence-electron chi connectivity index (χ0n) is 20.4. The summed E-state index contributed by atoms with van der Waals surface area (Å²) in [7, 11) is 1.71. The maximum atomic E-state index is 13.8. The highest BCUT2D eigenvalue weighted by Crippen LogP contribution is 2.46. The molecule has 10 heteroatoms. The number of carbonyl (C=O) groups is 1. The second-order valence-electron chi connectivity index (χ2n) is 10.5. The van der Waals surface area contributed by atoms with Crippen LogP contribution < -0.4 is 10.2 Å². The van der Waals surface area contributed by atoms with Gasteiger partial charge in [0.05, 0.1) is 35.8 Å². The van der Waals surface area contributed by atoms with Gasteiger partial charge in [0.25, 0.3) is 0 Å². The van der Waals surface area contributed by atoms with Crippen molar-refractivity contribution in [1.82, 2.24) is 15.2 Å². The molecule has 0 spiro atoms. The average Bonchev–Trinajstić information content (AvgIpc) is 3.58. The summed E-state index contributed by atoms with van der Waals surface area (Å²) < 4.78 is 50.6. The Labute approximate surface area is 204 Å². The lowest BCUT2D eigenvalue weighted by atomic mass is 9.81. The van der Waals surface area contributed by atoms with E-state index in [2.05, 4.69) is 17.2 Å². The maximum absolute atomic E-state index is 13.8. The highest BCUT2D eigenvalue weighted by atomic mass is 19.4. The summed E-state index contributed by atoms with van der Waals surface area (Å²) >= 11 is 0. The Morgan fingerprint density at radius 3 is 2.83 bits per heavy atom. The van der Waals surface area contributed by atoms with E-state index < -0.39 is 11.7 Å². The Bertz CT molecular complexity index is 931. The lowest BCUT2D eigenvalue weighted by Crippen LogP contribution is -2.54. The summed E-state index contributed by atoms with van der Waals surface area (Å²) in [6.07, 6.45) is 1.94. The summed E-state index contributed by atoms with van der Waals surface area (Å²) in [5.41, 5.74) is -1.07. The molecule has 5 rings (SSSR count). The number of pyridine rings is 1. The van der Waals surface area contributed by atoms with Crippen LogP contribution >= 0.6 is 0 Å². The zero-order chi connectivity index (χ0) is 24.8. The highest BCUT2D eigenvalue weighted by Gasteiger charge is 2.53. The predicted octanol–water partition coefficient (Wildman–Crippen LogP) is 3.23. The second-order valence-corrected chi connectivity index (χ2v) is 10.5. The molecule has 0 aromatic carbocycles. The molecule has 6 atom stereocenters. The number of halogens is 3. The van der Waals surface area contributed by atoms with E-state index in [0.717, 1.165) is 57.3 Å². The molecule has 1 amide bonds. The van der Waals surface area contributed by atoms with Crippen LogP contribution in [0.1, 0.15) is 51.0 Å². The van der Waals surface area contributed by atoms with E-state index >= 15 is 0 Å². The fourth-order valence-corrected chi connectivity index (χ4v) is 6.63. The summed E-state index contributed by atoms with van der Waals surface area (Å²) in [6, 6.07) is 2.65. The Balaban J connectivity index is 1.23. The molecule has 4 aliphatic rings. The first-order valence-corrected chi connectivity index (χ1v) is 12.7. The van der Waals surface area contributed by atoms with E-state index in [0.29, 0.717) is 25.5 Å². The van der Waals surface area contributed by atoms with Gasteiger partial charge >= 0.3 is 6.18 Å². The molecular weight excluding hydrogens is 461 g/mol. The number of amides is 1. The van der Waals surface area contributed by atoms with Crippen LogP contribution in [-0.4, -0.2) is 79.5 Å². The first-order valence-electron chi connectivity index (χ1n) is 12.7. The van der Waals surface area contributed by atoms with Crippen LogP contribution in [0.2, 0.25) is 0 Å². The molecule has 4 heterocycles. The molecule has 3 aliphatic heterocycles. The van der Waals surface area contributed by atoms with E-state index in [1.807, 2.05) is 9.80 Å². The third-order valence-corrected chi connectivity index (χ3v) is 8.66. The smallest absolute Gasteiger partial charge is 0.379 e. The number of piperazine rings is 1. The van der Waals surface area contributed by atoms with Crippen molar-refractivity contribution >= 4 is 11.7 Å². The molecule has 1 aromatic rings. The van der Waals surface area contributed by atoms with Crippen LogP contribution in [0.15, 0.2) is 18.3 Å². The standard InChI is InChI=1S/C25H35F3N4O3/c1-3-24(7-4-17(12-24)30-20-6-9-35-15-21(20)34-2)23(33)32-14-18-11-19(32)13-31(18)22-10-16(5-8-29-22)25(26,27)28/h5,8,10,17-21,30H,3-4,6-7,9,11-15H2,1-2H3/t17-,18+,19+,20+,21-,24+/m1/s1. The monoisotopic (exact) mass is 496 g/mol. The van der Waals surface area contributed by atoms with Crippen molar-refractivity contribution in [1.29, 1.82) is 0 Å². The molecule has 35 heavy (non-hydrogen) atoms. The topological polar surface area (TPSA) is 66.9 Å². The number of ether oxygens (including phenoxy) is 2. The fourth-order valence-electron chi connectivity index (χ4n) is 6.63. The number of hydrogen-bond acceptors (Lipinski definition) is 6. The minimum absolute atomic E-state index is 0.00821. The highest BCUT2D eigenvalue weighted by molar-refractivity contribution is 5.84. The first-order chi connectivity index (χ1) is 16.7. The molecule has 1 saturated carbocycles. The van der Waals surface area contributed by atoms with Crippen molar-refractivity contribution in [2.75, 3.05) is 38.3 Å². The minimum Gasteiger partial charge on any atom is -0.379 e. The summed E-state index contributed by atoms with van der Waals surface area (Å²) in [4.78, 5) is 22.0. The van der Waals surface area contributed by atoms with Crippen molar-refractivity contribution in [3.05, 3.63) is 23.9 Å². The van der Waals surface area contributed by atoms with Gasteiger partial charge in [-0.25, -0.2) is 4.98 Å². The van der Waals surface area contributed by atoms with Gasteiger partial charge in [0.2, 0.25) is 5.91 Å². The van der Waals surface area contributed by atoms with E-state index in [1.54, 1.807) is 7.11 Å². The Hall–Kier alpha value is -1.91. The van der Waals surface area contributed by atoms with Gasteiger partial charge in [-0.1, -0.05) is 6.92 Å². The Morgan fingerprint density at radius 1 is 1.31 bits per heavy atom. The summed E-state index contributed by atoms with van der Waals surface area (Å²) in [6.45, 7) is 4.49. The van der Waals surface area contributed by atoms with Gasteiger partial charge < -0.3 is 24.6 Å². The molecule has 4 fully saturated rings. The largest absolute Gasteiger partial charge is 0.416 e. The molecule has 194 valence electrons. The van der Waals surface area contributed by atoms with Gasteiger partial charge in [-0.3, -0.25) is 4.79 Å². The van der Waals surface area contributed by atoms with Crippen molar-refractivity contribution < 1.29 is 27.4 Å². The zero-order valence-corrected chi connectivity index (χ0v) is 20.4. The fraction of sp³-hybridized carbons (Fsp3) is 0.760. The van der Waals surface area contributed by atoms with E-state index in [-0.39, 0.29) is 41.6 Å². The Kier molecular flexibility index (Phi) is 6.74. The number of nitrogens with one attached hydrogen (secondary N) is 1. The van der Waals surface area contributed by atoms with Gasteiger partial charge in [0.1, 0.15) is 5.82 Å². The van der Waals surface area contributed by atoms with Crippen LogP contribution in [0.3, 0.4) is 0 Å². The number of hydrogen-bond donors (Lipinski definition) is 1. The SMILES string of the molecule is CC[C@]1(C(=O)N2C[C@@H]3C[C@H]2CN3c2cc(C(F)(F)F)ccn2)CC[C@@H](N[C@H]2CCOC[C@H]2OC)C1. The number of methoxy groups -OCH3 is 1. The van der Waals surface area contributed by atoms with E-state index in [9.17, 15) is 18.0 Å². The van der Waals surface area contributed by atoms with Crippen LogP contribution in [0.4, 0.5) is 19.0 Å². The summed E-state index contributed by atoms with van der Waals surface area (Å²) in [5, 5.41) is 3.75. The van der Waals surface area contributed by atoms with Crippen LogP contribution in [0.5, 0.6) is 0 Å². The number of carbonyl (C=O) groups excluding carboxylic acids is 1. The molecule has 7 nitrogen and oxygen atoms in total. The third kappa shape index (κ3) is 4.64. The third-order valence-electron chi connectivity index (χ3n) is 8.66. The van der Waals surface area contributed by atoms with Gasteiger partial charge in [0, 0.05) is 45.1 Å². The minimum atomic E-state index is -4.40. The number of likely N-dealkylation sites (tertiary alicyclic amines) is 1. The van der Waals surface area contributed by atoms with Gasteiger partial charge in [-0.2, -0.15) is 13.2 Å². The molecule has 1 aliphatic carbocycles. The molecule has 1 N–H and O–H groups in total. The molecule has 0 radical (unpaired) electrons. The van der Waals surface area contributed by atoms with E-state index in [1.165, 1.54) is 6.20 Å². The number of aromatic nitrogens is 1. The maximum Gasteiger partial charge on any atom is 0.416 e. The van der Waals surface area contributed by atoms with Crippen LogP contribution in [0.25, 0.3) is 0 Å². The number of fused-ring (bicyclic) bond motifs is 2. The Morgan fingerprint density at radius 2 is 2.14 bits per heavy atom. The van der Waals surface area contributed by atoms with Crippen molar-refractivity contribution in [3.8, 4) is 0 Å². The van der Waals surface area contributed by atoms with Gasteiger partial charge in [0.15, 0.2) is 0 Å². The van der Waals surface area contributed by atoms with Gasteiger partial charge in [-0.05, 0) is 50.7 Å². The molecular formula is C25H35F3N4O3. The van der Waals surface area contributed by atoms with Crippen molar-refractivity contribution in [2.24, 2.45) is 5.41 Å². The molecule has 3 saturated heterocycles. The summed E-state index contributed by atoms with van der Waals surface area (Å²) in [5.74, 6) is 0.558. The normalized spacial score (nSPS) is 35.2. The quantitative estimate of drug-likeness (QED) is 0.653. The molecule has 2 bridgehead atoms. The number of alkyl halides is 3. The second kappa shape index (κ2) is 9.52. The van der Waals surface area contributed by atoms with Crippen LogP contribution in [0, 0.1) is 5.41 Å². The lowest BCUT2D eigenvalue weighted by Gasteiger charge is -2.40. The first kappa shape index (κ1) is 24.8. The number of nitrogens with zero attached hydrogens (tertiary/aromatic N) is 3. The number of rotatable bonds is 6. The molecule has 1 aromatic heterocycles. The molecule has 0 unspecified atom stereocenters. The average molecular weight is 497 g/mol. The van der Waals surface area contributed by atoms with E-state index in [4.69, 9.17) is 9.47 Å². The van der Waals surface area contributed by atoms with Crippen molar-refractivity contribution in [3.63, 3.8) is 0 Å². The predicted molar refractivity (Wildman–Crippen MR) is 124 cm³/mol. The van der Waals surface area contributed by atoms with Gasteiger partial charge in [-0.15, -0.1) is 0 Å².